The summed E-state index contributed by atoms with van der Waals surface area (Å²) in [4.78, 5) is 21.5. The Kier molecular flexibility index (Phi) is 7.78. The van der Waals surface area contributed by atoms with Gasteiger partial charge in [-0.05, 0) is 36.4 Å². The molecule has 0 bridgehead atoms. The van der Waals surface area contributed by atoms with Crippen LogP contribution in [0.4, 0.5) is 5.13 Å². The molecule has 0 atom stereocenters. The van der Waals surface area contributed by atoms with Crippen LogP contribution in [0.1, 0.15) is 12.0 Å². The number of rotatable bonds is 7. The van der Waals surface area contributed by atoms with Gasteiger partial charge >= 0.3 is 0 Å². The minimum absolute atomic E-state index is 0.133. The number of carbonyl (C=O) groups excluding carboxylic acids is 1. The fraction of sp³-hybridized carbons (Fsp3) is 0.0833. The van der Waals surface area contributed by atoms with Crippen LogP contribution in [0.15, 0.2) is 75.5 Å². The Hall–Kier alpha value is -2.70. The highest BCUT2D eigenvalue weighted by molar-refractivity contribution is 9.10. The van der Waals surface area contributed by atoms with Gasteiger partial charge in [0.25, 0.3) is 0 Å². The number of benzene rings is 2. The van der Waals surface area contributed by atoms with Crippen molar-refractivity contribution >= 4 is 61.7 Å². The molecule has 0 aliphatic carbocycles. The number of amides is 1. The molecular formula is C24H16BrClN4OS2. The van der Waals surface area contributed by atoms with Crippen molar-refractivity contribution in [2.45, 2.75) is 11.4 Å². The summed E-state index contributed by atoms with van der Waals surface area (Å²) in [7, 11) is 0. The zero-order valence-electron chi connectivity index (χ0n) is 17.1. The van der Waals surface area contributed by atoms with E-state index in [1.54, 1.807) is 18.2 Å². The first-order valence-electron chi connectivity index (χ1n) is 9.83. The number of nitriles is 1. The van der Waals surface area contributed by atoms with Gasteiger partial charge in [0.05, 0.1) is 17.0 Å². The minimum atomic E-state index is -0.133. The smallest absolute Gasteiger partial charge is 0.226 e. The first-order valence-corrected chi connectivity index (χ1v) is 12.9. The Morgan fingerprint density at radius 3 is 2.45 bits per heavy atom. The van der Waals surface area contributed by atoms with Crippen molar-refractivity contribution < 1.29 is 4.79 Å². The van der Waals surface area contributed by atoms with E-state index in [1.165, 1.54) is 23.1 Å². The van der Waals surface area contributed by atoms with E-state index in [0.717, 1.165) is 27.0 Å². The molecule has 0 saturated carbocycles. The van der Waals surface area contributed by atoms with Crippen LogP contribution in [-0.2, 0) is 4.79 Å². The standard InChI is InChI=1S/C24H16BrClN4OS2/c25-18-6-1-16(2-7-18)21-14-33-24(29-21)30-22(31)11-12-32-23-17(13-27)5-10-20(28-23)15-3-8-19(26)9-4-15/h1-10,14H,11-12H2,(H,29,30,31). The molecule has 2 aromatic heterocycles. The second kappa shape index (κ2) is 10.9. The van der Waals surface area contributed by atoms with Crippen LogP contribution in [0.25, 0.3) is 22.5 Å². The Labute approximate surface area is 213 Å². The van der Waals surface area contributed by atoms with E-state index in [1.807, 2.05) is 47.8 Å². The number of hydrogen-bond donors (Lipinski definition) is 1. The number of carbonyl (C=O) groups is 1. The maximum Gasteiger partial charge on any atom is 0.226 e. The van der Waals surface area contributed by atoms with E-state index in [0.29, 0.717) is 26.5 Å². The fourth-order valence-corrected chi connectivity index (χ4v) is 4.96. The molecule has 4 rings (SSSR count). The van der Waals surface area contributed by atoms with Gasteiger partial charge < -0.3 is 5.32 Å². The average Bonchev–Trinajstić information content (AvgIpc) is 3.28. The van der Waals surface area contributed by atoms with Gasteiger partial charge in [-0.1, -0.05) is 51.8 Å². The van der Waals surface area contributed by atoms with Crippen LogP contribution >= 0.6 is 50.6 Å². The Morgan fingerprint density at radius 1 is 1.03 bits per heavy atom. The highest BCUT2D eigenvalue weighted by Crippen LogP contribution is 2.28. The first-order chi connectivity index (χ1) is 16.0. The summed E-state index contributed by atoms with van der Waals surface area (Å²) < 4.78 is 1.00. The predicted molar refractivity (Wildman–Crippen MR) is 139 cm³/mol. The molecule has 0 aliphatic heterocycles. The third-order valence-electron chi connectivity index (χ3n) is 4.58. The molecule has 9 heteroatoms. The molecule has 0 saturated heterocycles. The zero-order valence-corrected chi connectivity index (χ0v) is 21.1. The van der Waals surface area contributed by atoms with Crippen LogP contribution < -0.4 is 5.32 Å². The Bertz CT molecular complexity index is 1320. The van der Waals surface area contributed by atoms with E-state index >= 15 is 0 Å². The van der Waals surface area contributed by atoms with Crippen molar-refractivity contribution in [2.75, 3.05) is 11.1 Å². The maximum atomic E-state index is 12.4. The van der Waals surface area contributed by atoms with E-state index in [2.05, 4.69) is 37.3 Å². The highest BCUT2D eigenvalue weighted by Gasteiger charge is 2.11. The van der Waals surface area contributed by atoms with E-state index < -0.39 is 0 Å². The van der Waals surface area contributed by atoms with Gasteiger partial charge in [0.2, 0.25) is 5.91 Å². The summed E-state index contributed by atoms with van der Waals surface area (Å²) >= 11 is 12.2. The van der Waals surface area contributed by atoms with E-state index in [-0.39, 0.29) is 12.3 Å². The molecule has 2 heterocycles. The molecular weight excluding hydrogens is 540 g/mol. The van der Waals surface area contributed by atoms with Crippen LogP contribution in [0, 0.1) is 11.3 Å². The van der Waals surface area contributed by atoms with Crippen molar-refractivity contribution in [2.24, 2.45) is 0 Å². The molecule has 4 aromatic rings. The second-order valence-corrected chi connectivity index (χ2v) is 10.2. The van der Waals surface area contributed by atoms with Crippen molar-refractivity contribution in [3.05, 3.63) is 81.1 Å². The summed E-state index contributed by atoms with van der Waals surface area (Å²) in [5.41, 5.74) is 3.95. The van der Waals surface area contributed by atoms with Gasteiger partial charge in [0.15, 0.2) is 5.13 Å². The number of pyridine rings is 1. The molecule has 0 fully saturated rings. The van der Waals surface area contributed by atoms with Crippen LogP contribution in [-0.4, -0.2) is 21.6 Å². The second-order valence-electron chi connectivity index (χ2n) is 6.86. The molecule has 33 heavy (non-hydrogen) atoms. The number of hydrogen-bond acceptors (Lipinski definition) is 6. The van der Waals surface area contributed by atoms with E-state index in [9.17, 15) is 10.1 Å². The predicted octanol–water partition coefficient (Wildman–Crippen LogP) is 7.28. The van der Waals surface area contributed by atoms with Crippen LogP contribution in [0.2, 0.25) is 5.02 Å². The van der Waals surface area contributed by atoms with Crippen LogP contribution in [0.3, 0.4) is 0 Å². The van der Waals surface area contributed by atoms with Gasteiger partial charge in [-0.15, -0.1) is 23.1 Å². The third-order valence-corrected chi connectivity index (χ3v) is 7.11. The van der Waals surface area contributed by atoms with Gasteiger partial charge in [-0.2, -0.15) is 5.26 Å². The number of anilines is 1. The van der Waals surface area contributed by atoms with Crippen molar-refractivity contribution in [3.63, 3.8) is 0 Å². The van der Waals surface area contributed by atoms with Gasteiger partial charge in [0, 0.05) is 38.2 Å². The SMILES string of the molecule is N#Cc1ccc(-c2ccc(Cl)cc2)nc1SCCC(=O)Nc1nc(-c2ccc(Br)cc2)cs1. The van der Waals surface area contributed by atoms with Crippen molar-refractivity contribution in [1.29, 1.82) is 5.26 Å². The number of aromatic nitrogens is 2. The molecule has 5 nitrogen and oxygen atoms in total. The zero-order chi connectivity index (χ0) is 23.2. The normalized spacial score (nSPS) is 10.6. The molecule has 1 amide bonds. The summed E-state index contributed by atoms with van der Waals surface area (Å²) in [6.07, 6.45) is 0.273. The lowest BCUT2D eigenvalue weighted by Crippen LogP contribution is -2.12. The monoisotopic (exact) mass is 554 g/mol. The molecule has 2 aromatic carbocycles. The Morgan fingerprint density at radius 2 is 1.73 bits per heavy atom. The minimum Gasteiger partial charge on any atom is -0.302 e. The summed E-state index contributed by atoms with van der Waals surface area (Å²) in [5.74, 6) is 0.356. The van der Waals surface area contributed by atoms with Crippen molar-refractivity contribution in [3.8, 4) is 28.6 Å². The van der Waals surface area contributed by atoms with Crippen LogP contribution in [0.5, 0.6) is 0 Å². The topological polar surface area (TPSA) is 78.7 Å². The number of thioether (sulfide) groups is 1. The molecule has 1 N–H and O–H groups in total. The summed E-state index contributed by atoms with van der Waals surface area (Å²) in [5, 5.41) is 16.0. The lowest BCUT2D eigenvalue weighted by molar-refractivity contribution is -0.115. The number of nitrogens with one attached hydrogen (secondary N) is 1. The number of halogens is 2. The van der Waals surface area contributed by atoms with E-state index in [4.69, 9.17) is 11.6 Å². The first kappa shape index (κ1) is 23.5. The summed E-state index contributed by atoms with van der Waals surface area (Å²) in [6, 6.07) is 20.9. The molecule has 0 radical (unpaired) electrons. The Balaban J connectivity index is 1.36. The number of thiazole rings is 1. The lowest BCUT2D eigenvalue weighted by atomic mass is 10.1. The molecule has 0 unspecified atom stereocenters. The quantitative estimate of drug-likeness (QED) is 0.242. The molecule has 0 spiro atoms. The largest absolute Gasteiger partial charge is 0.302 e. The third kappa shape index (κ3) is 6.21. The fourth-order valence-electron chi connectivity index (χ4n) is 2.92. The van der Waals surface area contributed by atoms with Gasteiger partial charge in [-0.25, -0.2) is 9.97 Å². The maximum absolute atomic E-state index is 12.4. The van der Waals surface area contributed by atoms with Crippen molar-refractivity contribution in [1.82, 2.24) is 9.97 Å². The summed E-state index contributed by atoms with van der Waals surface area (Å²) in [6.45, 7) is 0. The number of nitrogens with zero attached hydrogens (tertiary/aromatic N) is 3. The highest BCUT2D eigenvalue weighted by atomic mass is 79.9. The molecule has 164 valence electrons. The lowest BCUT2D eigenvalue weighted by Gasteiger charge is -2.07. The van der Waals surface area contributed by atoms with Gasteiger partial charge in [0.1, 0.15) is 11.1 Å². The average molecular weight is 556 g/mol. The van der Waals surface area contributed by atoms with Gasteiger partial charge in [-0.3, -0.25) is 4.79 Å². The molecule has 0 aliphatic rings.